The van der Waals surface area contributed by atoms with Crippen LogP contribution in [0.5, 0.6) is 0 Å². The molecule has 0 aromatic carbocycles. The van der Waals surface area contributed by atoms with E-state index in [1.165, 1.54) is 0 Å². The summed E-state index contributed by atoms with van der Waals surface area (Å²) >= 11 is 3.18. The van der Waals surface area contributed by atoms with Crippen LogP contribution in [0.3, 0.4) is 0 Å². The lowest BCUT2D eigenvalue weighted by atomic mass is 10.1. The molecular formula is C8H14BrF2NO2S. The molecule has 1 aliphatic rings. The van der Waals surface area contributed by atoms with Crippen LogP contribution in [0, 0.1) is 0 Å². The van der Waals surface area contributed by atoms with Gasteiger partial charge in [-0.1, -0.05) is 28.8 Å². The smallest absolute Gasteiger partial charge is 0.206 e. The van der Waals surface area contributed by atoms with Crippen LogP contribution in [-0.4, -0.2) is 36.4 Å². The molecule has 1 heterocycles. The van der Waals surface area contributed by atoms with Crippen LogP contribution >= 0.6 is 15.9 Å². The SMILES string of the molecule is O=S(=O)(C(F)F)N1CCCCCC1CBr. The molecule has 1 unspecified atom stereocenters. The first-order chi connectivity index (χ1) is 7.00. The molecule has 15 heavy (non-hydrogen) atoms. The first kappa shape index (κ1) is 13.3. The van der Waals surface area contributed by atoms with Crippen molar-refractivity contribution in [1.29, 1.82) is 0 Å². The Morgan fingerprint density at radius 2 is 2.00 bits per heavy atom. The largest absolute Gasteiger partial charge is 0.350 e. The summed E-state index contributed by atoms with van der Waals surface area (Å²) in [6.07, 6.45) is 3.11. The maximum absolute atomic E-state index is 12.4. The molecule has 0 bridgehead atoms. The zero-order valence-electron chi connectivity index (χ0n) is 8.20. The molecule has 0 spiro atoms. The van der Waals surface area contributed by atoms with E-state index in [0.717, 1.165) is 17.1 Å². The molecule has 0 aliphatic carbocycles. The Balaban J connectivity index is 2.88. The molecule has 3 nitrogen and oxygen atoms in total. The highest BCUT2D eigenvalue weighted by atomic mass is 79.9. The van der Waals surface area contributed by atoms with Crippen molar-refractivity contribution >= 4 is 26.0 Å². The summed E-state index contributed by atoms with van der Waals surface area (Å²) in [5, 5.41) is 0.416. The Kier molecular flexibility index (Phi) is 4.92. The Hall–Kier alpha value is 0.250. The van der Waals surface area contributed by atoms with E-state index in [1.807, 2.05) is 0 Å². The quantitative estimate of drug-likeness (QED) is 0.750. The van der Waals surface area contributed by atoms with Crippen LogP contribution in [0.2, 0.25) is 0 Å². The van der Waals surface area contributed by atoms with Crippen molar-refractivity contribution < 1.29 is 17.2 Å². The van der Waals surface area contributed by atoms with Crippen LogP contribution in [0.15, 0.2) is 0 Å². The van der Waals surface area contributed by atoms with Gasteiger partial charge < -0.3 is 0 Å². The molecule has 1 rings (SSSR count). The maximum Gasteiger partial charge on any atom is 0.350 e. The highest BCUT2D eigenvalue weighted by molar-refractivity contribution is 9.09. The fourth-order valence-electron chi connectivity index (χ4n) is 1.74. The number of hydrogen-bond donors (Lipinski definition) is 0. The van der Waals surface area contributed by atoms with Crippen molar-refractivity contribution in [2.75, 3.05) is 11.9 Å². The molecule has 1 fully saturated rings. The van der Waals surface area contributed by atoms with Gasteiger partial charge in [-0.2, -0.15) is 13.1 Å². The second-order valence-electron chi connectivity index (χ2n) is 3.57. The van der Waals surface area contributed by atoms with Crippen LogP contribution in [0.25, 0.3) is 0 Å². The van der Waals surface area contributed by atoms with E-state index in [-0.39, 0.29) is 12.6 Å². The van der Waals surface area contributed by atoms with Gasteiger partial charge in [-0.05, 0) is 12.8 Å². The van der Waals surface area contributed by atoms with E-state index >= 15 is 0 Å². The molecule has 90 valence electrons. The fourth-order valence-corrected chi connectivity index (χ4v) is 3.79. The summed E-state index contributed by atoms with van der Waals surface area (Å²) in [7, 11) is -4.41. The summed E-state index contributed by atoms with van der Waals surface area (Å²) in [6, 6.07) is -0.327. The van der Waals surface area contributed by atoms with Gasteiger partial charge in [0.05, 0.1) is 0 Å². The van der Waals surface area contributed by atoms with Gasteiger partial charge in [-0.25, -0.2) is 8.42 Å². The van der Waals surface area contributed by atoms with E-state index in [0.29, 0.717) is 18.2 Å². The third-order valence-electron chi connectivity index (χ3n) is 2.55. The Bertz CT molecular complexity index is 297. The second kappa shape index (κ2) is 5.54. The van der Waals surface area contributed by atoms with Crippen molar-refractivity contribution in [3.63, 3.8) is 0 Å². The van der Waals surface area contributed by atoms with Crippen molar-refractivity contribution in [2.24, 2.45) is 0 Å². The van der Waals surface area contributed by atoms with Crippen LogP contribution < -0.4 is 0 Å². The molecule has 7 heteroatoms. The minimum absolute atomic E-state index is 0.211. The summed E-state index contributed by atoms with van der Waals surface area (Å²) in [6.45, 7) is 0.211. The Morgan fingerprint density at radius 3 is 2.53 bits per heavy atom. The third-order valence-corrected chi connectivity index (χ3v) is 4.89. The standard InChI is InChI=1S/C8H14BrF2NO2S/c9-6-7-4-2-1-3-5-12(7)15(13,14)8(10)11/h7-8H,1-6H2. The van der Waals surface area contributed by atoms with E-state index < -0.39 is 15.8 Å². The van der Waals surface area contributed by atoms with Gasteiger partial charge in [0.2, 0.25) is 0 Å². The summed E-state index contributed by atoms with van der Waals surface area (Å²) in [5.41, 5.74) is 0. The molecule has 1 atom stereocenters. The molecule has 1 saturated heterocycles. The molecule has 0 N–H and O–H groups in total. The number of halogens is 3. The predicted octanol–water partition coefficient (Wildman–Crippen LogP) is 2.18. The Morgan fingerprint density at radius 1 is 1.33 bits per heavy atom. The highest BCUT2D eigenvalue weighted by Gasteiger charge is 2.36. The molecular weight excluding hydrogens is 292 g/mol. The molecule has 0 aromatic heterocycles. The molecule has 0 radical (unpaired) electrons. The van der Waals surface area contributed by atoms with Crippen molar-refractivity contribution in [1.82, 2.24) is 4.31 Å². The lowest BCUT2D eigenvalue weighted by Gasteiger charge is -2.27. The van der Waals surface area contributed by atoms with Gasteiger partial charge in [0.25, 0.3) is 10.0 Å². The lowest BCUT2D eigenvalue weighted by Crippen LogP contribution is -2.43. The summed E-state index contributed by atoms with van der Waals surface area (Å²) in [5.74, 6) is -3.31. The van der Waals surface area contributed by atoms with Gasteiger partial charge in [0, 0.05) is 17.9 Å². The zero-order chi connectivity index (χ0) is 11.5. The van der Waals surface area contributed by atoms with Gasteiger partial charge in [-0.3, -0.25) is 0 Å². The number of nitrogens with zero attached hydrogens (tertiary/aromatic N) is 1. The third kappa shape index (κ3) is 3.10. The average molecular weight is 306 g/mol. The van der Waals surface area contributed by atoms with Crippen molar-refractivity contribution in [3.05, 3.63) is 0 Å². The molecule has 0 amide bonds. The van der Waals surface area contributed by atoms with E-state index in [1.54, 1.807) is 0 Å². The van der Waals surface area contributed by atoms with Crippen LogP contribution in [0.1, 0.15) is 25.7 Å². The highest BCUT2D eigenvalue weighted by Crippen LogP contribution is 2.24. The fraction of sp³-hybridized carbons (Fsp3) is 1.00. The van der Waals surface area contributed by atoms with Crippen molar-refractivity contribution in [2.45, 2.75) is 37.5 Å². The van der Waals surface area contributed by atoms with Crippen LogP contribution in [-0.2, 0) is 10.0 Å². The average Bonchev–Trinajstić information content (AvgIpc) is 2.41. The molecule has 1 aliphatic heterocycles. The normalized spacial score (nSPS) is 25.5. The van der Waals surface area contributed by atoms with E-state index in [2.05, 4.69) is 15.9 Å². The second-order valence-corrected chi connectivity index (χ2v) is 6.08. The van der Waals surface area contributed by atoms with Crippen molar-refractivity contribution in [3.8, 4) is 0 Å². The first-order valence-electron chi connectivity index (χ1n) is 4.85. The number of sulfonamides is 1. The van der Waals surface area contributed by atoms with Gasteiger partial charge in [0.1, 0.15) is 0 Å². The van der Waals surface area contributed by atoms with Gasteiger partial charge >= 0.3 is 5.76 Å². The van der Waals surface area contributed by atoms with E-state index in [4.69, 9.17) is 0 Å². The van der Waals surface area contributed by atoms with E-state index in [9.17, 15) is 17.2 Å². The maximum atomic E-state index is 12.4. The molecule has 0 saturated carbocycles. The Labute approximate surface area is 97.0 Å². The predicted molar refractivity (Wildman–Crippen MR) is 57.7 cm³/mol. The minimum Gasteiger partial charge on any atom is -0.206 e. The summed E-state index contributed by atoms with van der Waals surface area (Å²) < 4.78 is 48.5. The van der Waals surface area contributed by atoms with Gasteiger partial charge in [-0.15, -0.1) is 0 Å². The number of hydrogen-bond acceptors (Lipinski definition) is 2. The van der Waals surface area contributed by atoms with Gasteiger partial charge in [0.15, 0.2) is 0 Å². The summed E-state index contributed by atoms with van der Waals surface area (Å²) in [4.78, 5) is 0. The number of alkyl halides is 3. The lowest BCUT2D eigenvalue weighted by molar-refractivity contribution is 0.212. The first-order valence-corrected chi connectivity index (χ1v) is 7.47. The molecule has 0 aromatic rings. The topological polar surface area (TPSA) is 37.4 Å². The number of rotatable bonds is 3. The zero-order valence-corrected chi connectivity index (χ0v) is 10.6. The van der Waals surface area contributed by atoms with Crippen LogP contribution in [0.4, 0.5) is 8.78 Å². The monoisotopic (exact) mass is 305 g/mol. The minimum atomic E-state index is -4.41.